The van der Waals surface area contributed by atoms with Gasteiger partial charge in [0.1, 0.15) is 35.7 Å². The number of rotatable bonds is 5. The molecule has 23 heavy (non-hydrogen) atoms. The first-order chi connectivity index (χ1) is 10.9. The number of aromatic amines is 1. The molecule has 1 aromatic heterocycles. The average molecular weight is 361 g/mol. The lowest BCUT2D eigenvalue weighted by molar-refractivity contribution is -0.130. The molecule has 1 aliphatic rings. The Balaban J connectivity index is 2.33. The lowest BCUT2D eigenvalue weighted by Crippen LogP contribution is -2.37. The fourth-order valence-electron chi connectivity index (χ4n) is 2.35. The van der Waals surface area contributed by atoms with Crippen LogP contribution in [0.4, 0.5) is 0 Å². The number of nitrogens with zero attached hydrogens (tertiary/aromatic N) is 1. The largest absolute Gasteiger partial charge is 0.394 e. The number of carbonyl (C=O) groups excluding carboxylic acids is 1. The van der Waals surface area contributed by atoms with Crippen LogP contribution >= 0.6 is 24.4 Å². The quantitative estimate of drug-likeness (QED) is 0.535. The van der Waals surface area contributed by atoms with E-state index in [-0.39, 0.29) is 19.1 Å². The van der Waals surface area contributed by atoms with Gasteiger partial charge in [-0.15, -0.1) is 0 Å². The summed E-state index contributed by atoms with van der Waals surface area (Å²) in [7, 11) is 3.23. The number of aromatic nitrogens is 2. The zero-order chi connectivity index (χ0) is 17.1. The zero-order valence-electron chi connectivity index (χ0n) is 12.7. The maximum absolute atomic E-state index is 11.4. The van der Waals surface area contributed by atoms with Crippen LogP contribution in [0.25, 0.3) is 0 Å². The highest BCUT2D eigenvalue weighted by Gasteiger charge is 2.45. The molecule has 0 radical (unpaired) electrons. The summed E-state index contributed by atoms with van der Waals surface area (Å²) in [6.45, 7) is -0.614. The van der Waals surface area contributed by atoms with Crippen molar-refractivity contribution in [2.24, 2.45) is 7.05 Å². The molecule has 128 valence electrons. The molecule has 2 heterocycles. The normalized spacial score (nSPS) is 27.1. The lowest BCUT2D eigenvalue weighted by Gasteiger charge is -2.21. The Morgan fingerprint density at radius 3 is 2.87 bits per heavy atom. The minimum atomic E-state index is -1.09. The molecule has 1 aliphatic heterocycles. The van der Waals surface area contributed by atoms with Crippen LogP contribution in [-0.2, 0) is 21.3 Å². The molecule has 1 fully saturated rings. The summed E-state index contributed by atoms with van der Waals surface area (Å²) in [4.78, 5) is 14.2. The van der Waals surface area contributed by atoms with Crippen LogP contribution in [0.5, 0.6) is 0 Å². The predicted molar refractivity (Wildman–Crippen MR) is 85.9 cm³/mol. The van der Waals surface area contributed by atoms with Crippen molar-refractivity contribution in [1.29, 1.82) is 0 Å². The molecule has 10 heteroatoms. The summed E-state index contributed by atoms with van der Waals surface area (Å²) in [6.07, 6.45) is -1.78. The molecule has 0 aliphatic carbocycles. The first kappa shape index (κ1) is 18.2. The molecule has 0 aromatic carbocycles. The molecule has 4 atom stereocenters. The molecule has 1 amide bonds. The van der Waals surface area contributed by atoms with E-state index in [9.17, 15) is 15.0 Å². The second-order valence-electron chi connectivity index (χ2n) is 5.17. The van der Waals surface area contributed by atoms with Crippen molar-refractivity contribution in [3.8, 4) is 0 Å². The van der Waals surface area contributed by atoms with E-state index in [1.807, 2.05) is 0 Å². The number of aliphatic hydroxyl groups is 2. The van der Waals surface area contributed by atoms with E-state index in [0.29, 0.717) is 15.0 Å². The Morgan fingerprint density at radius 2 is 2.26 bits per heavy atom. The molecule has 4 N–H and O–H groups in total. The number of ether oxygens (including phenoxy) is 2. The minimum Gasteiger partial charge on any atom is -0.394 e. The van der Waals surface area contributed by atoms with Crippen LogP contribution in [0.15, 0.2) is 6.20 Å². The Labute approximate surface area is 143 Å². The van der Waals surface area contributed by atoms with E-state index < -0.39 is 24.4 Å². The van der Waals surface area contributed by atoms with Gasteiger partial charge in [-0.25, -0.2) is 0 Å². The fourth-order valence-corrected chi connectivity index (χ4v) is 2.84. The van der Waals surface area contributed by atoms with E-state index in [0.717, 1.165) is 0 Å². The van der Waals surface area contributed by atoms with Crippen LogP contribution in [0.1, 0.15) is 11.7 Å². The Morgan fingerprint density at radius 1 is 1.57 bits per heavy atom. The standard InChI is InChI=1S/C13H19N3O5S2/c1-14-8(18)5-20-11-9(19)7(4-17)21-10(11)6-3-16(2)13(23)15-12(6)22/h3,7,9-11,17,19H,4-5H2,1-2H3,(H,14,18)(H,15,22,23)/t7-,9?,10+,11?/m1/s1. The van der Waals surface area contributed by atoms with Crippen molar-refractivity contribution in [2.45, 2.75) is 24.4 Å². The van der Waals surface area contributed by atoms with Gasteiger partial charge in [-0.1, -0.05) is 12.2 Å². The van der Waals surface area contributed by atoms with E-state index in [1.54, 1.807) is 17.8 Å². The SMILES string of the molecule is CNC(=O)COC1C(O)[C@@H](CO)O[C@H]1c1cn(C)c(=S)[nH]c1=S. The van der Waals surface area contributed by atoms with Gasteiger partial charge in [0, 0.05) is 25.9 Å². The van der Waals surface area contributed by atoms with Crippen molar-refractivity contribution in [1.82, 2.24) is 14.9 Å². The fraction of sp³-hybridized carbons (Fsp3) is 0.615. The van der Waals surface area contributed by atoms with Gasteiger partial charge in [-0.05, 0) is 12.2 Å². The van der Waals surface area contributed by atoms with Crippen LogP contribution in [0, 0.1) is 9.41 Å². The van der Waals surface area contributed by atoms with Gasteiger partial charge in [0.15, 0.2) is 4.77 Å². The van der Waals surface area contributed by atoms with Gasteiger partial charge < -0.3 is 34.6 Å². The van der Waals surface area contributed by atoms with E-state index >= 15 is 0 Å². The number of likely N-dealkylation sites (N-methyl/N-ethyl adjacent to an activating group) is 1. The Bertz CT molecular complexity index is 689. The molecule has 1 saturated heterocycles. The van der Waals surface area contributed by atoms with Crippen LogP contribution in [0.2, 0.25) is 0 Å². The van der Waals surface area contributed by atoms with Gasteiger partial charge >= 0.3 is 0 Å². The molecule has 0 spiro atoms. The molecule has 8 nitrogen and oxygen atoms in total. The summed E-state index contributed by atoms with van der Waals surface area (Å²) in [5.41, 5.74) is 0.563. The third kappa shape index (κ3) is 3.84. The number of H-pyrrole nitrogens is 1. The highest BCUT2D eigenvalue weighted by atomic mass is 32.1. The van der Waals surface area contributed by atoms with E-state index in [2.05, 4.69) is 10.3 Å². The van der Waals surface area contributed by atoms with Gasteiger partial charge in [0.25, 0.3) is 0 Å². The van der Waals surface area contributed by atoms with Crippen molar-refractivity contribution in [3.05, 3.63) is 21.2 Å². The highest BCUT2D eigenvalue weighted by Crippen LogP contribution is 2.35. The Hall–Kier alpha value is -1.17. The highest BCUT2D eigenvalue weighted by molar-refractivity contribution is 7.72. The van der Waals surface area contributed by atoms with Gasteiger partial charge in [0.05, 0.1) is 6.61 Å². The molecular formula is C13H19N3O5S2. The summed E-state index contributed by atoms with van der Waals surface area (Å²) in [6, 6.07) is 0. The maximum atomic E-state index is 11.4. The molecule has 2 unspecified atom stereocenters. The second kappa shape index (κ2) is 7.60. The number of hydrogen-bond acceptors (Lipinski definition) is 7. The molecular weight excluding hydrogens is 342 g/mol. The maximum Gasteiger partial charge on any atom is 0.245 e. The molecule has 0 saturated carbocycles. The molecule has 2 rings (SSSR count). The number of hydrogen-bond donors (Lipinski definition) is 4. The number of aryl methyl sites for hydroxylation is 1. The third-order valence-electron chi connectivity index (χ3n) is 3.65. The first-order valence-corrected chi connectivity index (χ1v) is 7.77. The van der Waals surface area contributed by atoms with Crippen LogP contribution in [-0.4, -0.2) is 64.2 Å². The lowest BCUT2D eigenvalue weighted by atomic mass is 10.0. The summed E-state index contributed by atoms with van der Waals surface area (Å²) in [5, 5.41) is 22.0. The molecule has 1 aromatic rings. The Kier molecular flexibility index (Phi) is 6.00. The van der Waals surface area contributed by atoms with Crippen molar-refractivity contribution >= 4 is 30.3 Å². The van der Waals surface area contributed by atoms with E-state index in [4.69, 9.17) is 33.9 Å². The second-order valence-corrected chi connectivity index (χ2v) is 5.97. The third-order valence-corrected chi connectivity index (χ3v) is 4.37. The number of aliphatic hydroxyl groups excluding tert-OH is 2. The summed E-state index contributed by atoms with van der Waals surface area (Å²) in [5.74, 6) is -0.333. The summed E-state index contributed by atoms with van der Waals surface area (Å²) >= 11 is 10.4. The monoisotopic (exact) mass is 361 g/mol. The van der Waals surface area contributed by atoms with Gasteiger partial charge in [-0.2, -0.15) is 0 Å². The number of amides is 1. The van der Waals surface area contributed by atoms with Crippen molar-refractivity contribution in [3.63, 3.8) is 0 Å². The van der Waals surface area contributed by atoms with E-state index in [1.165, 1.54) is 7.05 Å². The smallest absolute Gasteiger partial charge is 0.245 e. The zero-order valence-corrected chi connectivity index (χ0v) is 14.3. The topological polar surface area (TPSA) is 109 Å². The number of nitrogens with one attached hydrogen (secondary N) is 2. The van der Waals surface area contributed by atoms with Crippen molar-refractivity contribution < 1.29 is 24.5 Å². The average Bonchev–Trinajstić information content (AvgIpc) is 2.84. The first-order valence-electron chi connectivity index (χ1n) is 6.95. The van der Waals surface area contributed by atoms with Crippen LogP contribution < -0.4 is 5.32 Å². The van der Waals surface area contributed by atoms with Gasteiger partial charge in [-0.3, -0.25) is 4.79 Å². The minimum absolute atomic E-state index is 0.238. The number of carbonyl (C=O) groups is 1. The molecule has 0 bridgehead atoms. The predicted octanol–water partition coefficient (Wildman–Crippen LogP) is -0.264. The van der Waals surface area contributed by atoms with Crippen molar-refractivity contribution in [2.75, 3.05) is 20.3 Å². The summed E-state index contributed by atoms with van der Waals surface area (Å²) < 4.78 is 13.6. The van der Waals surface area contributed by atoms with Gasteiger partial charge in [0.2, 0.25) is 5.91 Å². The van der Waals surface area contributed by atoms with Crippen LogP contribution in [0.3, 0.4) is 0 Å².